The van der Waals surface area contributed by atoms with Crippen molar-refractivity contribution >= 4 is 11.6 Å². The van der Waals surface area contributed by atoms with Gasteiger partial charge in [0.2, 0.25) is 5.75 Å². The number of anilines is 2. The molecule has 0 amide bonds. The largest absolute Gasteiger partial charge is 0.490 e. The van der Waals surface area contributed by atoms with Gasteiger partial charge in [-0.1, -0.05) is 6.92 Å². The summed E-state index contributed by atoms with van der Waals surface area (Å²) >= 11 is 0. The number of hydrogen-bond donors (Lipinski definition) is 2. The molecular weight excluding hydrogens is 204 g/mol. The van der Waals surface area contributed by atoms with Crippen LogP contribution in [-0.2, 0) is 0 Å². The normalized spacial score (nSPS) is 16.9. The van der Waals surface area contributed by atoms with Gasteiger partial charge in [0, 0.05) is 6.54 Å². The van der Waals surface area contributed by atoms with Crippen molar-refractivity contribution in [3.63, 3.8) is 0 Å². The molecule has 3 N–H and O–H groups in total. The Balaban J connectivity index is 1.99. The summed E-state index contributed by atoms with van der Waals surface area (Å²) in [5.41, 5.74) is 5.69. The lowest BCUT2D eigenvalue weighted by atomic mass is 10.1. The summed E-state index contributed by atoms with van der Waals surface area (Å²) in [6.45, 7) is 3.15. The number of nitrogens with zero attached hydrogens (tertiary/aromatic N) is 2. The molecule has 0 aromatic carbocycles. The lowest BCUT2D eigenvalue weighted by Gasteiger charge is -2.14. The molecule has 1 aromatic rings. The van der Waals surface area contributed by atoms with Crippen molar-refractivity contribution in [2.75, 3.05) is 24.7 Å². The van der Waals surface area contributed by atoms with E-state index in [1.807, 2.05) is 0 Å². The fourth-order valence-corrected chi connectivity index (χ4v) is 1.80. The average Bonchev–Trinajstić information content (AvgIpc) is 3.09. The number of methoxy groups -OCH3 is 1. The molecule has 1 atom stereocenters. The Kier molecular flexibility index (Phi) is 3.12. The molecule has 88 valence electrons. The zero-order valence-corrected chi connectivity index (χ0v) is 9.73. The van der Waals surface area contributed by atoms with E-state index in [9.17, 15) is 0 Å². The quantitative estimate of drug-likeness (QED) is 0.790. The summed E-state index contributed by atoms with van der Waals surface area (Å²) in [7, 11) is 1.57. The standard InChI is InChI=1S/C11H18N4O/c1-7(8-3-4-8)5-13-11-9(16-2)10(12)14-6-15-11/h6-8H,3-5H2,1-2H3,(H3,12,13,14,15). The lowest BCUT2D eigenvalue weighted by molar-refractivity contribution is 0.414. The first-order valence-electron chi connectivity index (χ1n) is 5.60. The van der Waals surface area contributed by atoms with Crippen molar-refractivity contribution in [1.82, 2.24) is 9.97 Å². The van der Waals surface area contributed by atoms with Gasteiger partial charge >= 0.3 is 0 Å². The fraction of sp³-hybridized carbons (Fsp3) is 0.636. The van der Waals surface area contributed by atoms with Crippen LogP contribution >= 0.6 is 0 Å². The SMILES string of the molecule is COc1c(N)ncnc1NCC(C)C1CC1. The van der Waals surface area contributed by atoms with Gasteiger partial charge in [-0.15, -0.1) is 0 Å². The molecule has 1 aromatic heterocycles. The number of nitrogens with one attached hydrogen (secondary N) is 1. The third kappa shape index (κ3) is 2.35. The van der Waals surface area contributed by atoms with Gasteiger partial charge in [-0.05, 0) is 24.7 Å². The monoisotopic (exact) mass is 222 g/mol. The summed E-state index contributed by atoms with van der Waals surface area (Å²) in [4.78, 5) is 8.02. The smallest absolute Gasteiger partial charge is 0.203 e. The first-order chi connectivity index (χ1) is 7.72. The van der Waals surface area contributed by atoms with E-state index in [-0.39, 0.29) is 0 Å². The third-order valence-electron chi connectivity index (χ3n) is 3.05. The number of aromatic nitrogens is 2. The number of rotatable bonds is 5. The van der Waals surface area contributed by atoms with Crippen LogP contribution in [0.1, 0.15) is 19.8 Å². The Hall–Kier alpha value is -1.52. The molecule has 1 saturated carbocycles. The summed E-state index contributed by atoms with van der Waals surface area (Å²) < 4.78 is 5.17. The number of nitrogens with two attached hydrogens (primary N) is 1. The van der Waals surface area contributed by atoms with E-state index < -0.39 is 0 Å². The molecule has 2 rings (SSSR count). The molecule has 0 spiro atoms. The minimum absolute atomic E-state index is 0.374. The van der Waals surface area contributed by atoms with Gasteiger partial charge in [-0.3, -0.25) is 0 Å². The molecule has 1 unspecified atom stereocenters. The van der Waals surface area contributed by atoms with Gasteiger partial charge in [0.1, 0.15) is 6.33 Å². The molecule has 5 nitrogen and oxygen atoms in total. The van der Waals surface area contributed by atoms with Crippen LogP contribution in [0, 0.1) is 11.8 Å². The van der Waals surface area contributed by atoms with E-state index in [1.54, 1.807) is 7.11 Å². The highest BCUT2D eigenvalue weighted by molar-refractivity contribution is 5.61. The number of hydrogen-bond acceptors (Lipinski definition) is 5. The minimum Gasteiger partial charge on any atom is -0.490 e. The van der Waals surface area contributed by atoms with Crippen LogP contribution in [0.2, 0.25) is 0 Å². The average molecular weight is 222 g/mol. The van der Waals surface area contributed by atoms with E-state index in [0.29, 0.717) is 23.3 Å². The molecule has 1 aliphatic carbocycles. The van der Waals surface area contributed by atoms with Crippen molar-refractivity contribution in [2.45, 2.75) is 19.8 Å². The summed E-state index contributed by atoms with van der Waals surface area (Å²) in [6, 6.07) is 0. The van der Waals surface area contributed by atoms with Gasteiger partial charge in [-0.25, -0.2) is 9.97 Å². The molecule has 0 aliphatic heterocycles. The van der Waals surface area contributed by atoms with Crippen molar-refractivity contribution in [3.8, 4) is 5.75 Å². The molecule has 1 heterocycles. The minimum atomic E-state index is 0.374. The van der Waals surface area contributed by atoms with Gasteiger partial charge < -0.3 is 15.8 Å². The highest BCUT2D eigenvalue weighted by Gasteiger charge is 2.27. The van der Waals surface area contributed by atoms with Crippen LogP contribution < -0.4 is 15.8 Å². The van der Waals surface area contributed by atoms with Gasteiger partial charge in [-0.2, -0.15) is 0 Å². The second-order valence-corrected chi connectivity index (χ2v) is 4.34. The Morgan fingerprint density at radius 3 is 2.94 bits per heavy atom. The Bertz CT molecular complexity index is 365. The zero-order valence-electron chi connectivity index (χ0n) is 9.73. The Labute approximate surface area is 95.4 Å². The maximum absolute atomic E-state index is 5.69. The van der Waals surface area contributed by atoms with Crippen LogP contribution in [0.4, 0.5) is 11.6 Å². The van der Waals surface area contributed by atoms with Crippen LogP contribution in [0.25, 0.3) is 0 Å². The van der Waals surface area contributed by atoms with Crippen molar-refractivity contribution < 1.29 is 4.74 Å². The molecule has 0 bridgehead atoms. The van der Waals surface area contributed by atoms with Gasteiger partial charge in [0.15, 0.2) is 11.6 Å². The van der Waals surface area contributed by atoms with E-state index >= 15 is 0 Å². The van der Waals surface area contributed by atoms with Gasteiger partial charge in [0.25, 0.3) is 0 Å². The lowest BCUT2D eigenvalue weighted by Crippen LogP contribution is -2.15. The number of nitrogen functional groups attached to an aromatic ring is 1. The molecule has 0 saturated heterocycles. The second kappa shape index (κ2) is 4.55. The number of ether oxygens (including phenoxy) is 1. The molecule has 1 aliphatic rings. The second-order valence-electron chi connectivity index (χ2n) is 4.34. The first kappa shape index (κ1) is 11.0. The zero-order chi connectivity index (χ0) is 11.5. The topological polar surface area (TPSA) is 73.1 Å². The summed E-state index contributed by atoms with van der Waals surface area (Å²) in [5.74, 6) is 3.13. The van der Waals surface area contributed by atoms with Crippen LogP contribution in [-0.4, -0.2) is 23.6 Å². The van der Waals surface area contributed by atoms with E-state index in [2.05, 4.69) is 22.2 Å². The molecule has 5 heteroatoms. The maximum atomic E-state index is 5.69. The van der Waals surface area contributed by atoms with Gasteiger partial charge in [0.05, 0.1) is 7.11 Å². The summed E-state index contributed by atoms with van der Waals surface area (Å²) in [6.07, 6.45) is 4.15. The van der Waals surface area contributed by atoms with Crippen molar-refractivity contribution in [1.29, 1.82) is 0 Å². The van der Waals surface area contributed by atoms with Crippen molar-refractivity contribution in [2.24, 2.45) is 11.8 Å². The summed E-state index contributed by atoms with van der Waals surface area (Å²) in [5, 5.41) is 3.27. The molecule has 0 radical (unpaired) electrons. The van der Waals surface area contributed by atoms with Crippen molar-refractivity contribution in [3.05, 3.63) is 6.33 Å². The predicted octanol–water partition coefficient (Wildman–Crippen LogP) is 1.53. The van der Waals surface area contributed by atoms with Crippen LogP contribution in [0.15, 0.2) is 6.33 Å². The van der Waals surface area contributed by atoms with E-state index in [4.69, 9.17) is 10.5 Å². The fourth-order valence-electron chi connectivity index (χ4n) is 1.80. The van der Waals surface area contributed by atoms with E-state index in [0.717, 1.165) is 12.5 Å². The van der Waals surface area contributed by atoms with Crippen LogP contribution in [0.3, 0.4) is 0 Å². The predicted molar refractivity (Wildman–Crippen MR) is 63.4 cm³/mol. The van der Waals surface area contributed by atoms with E-state index in [1.165, 1.54) is 19.2 Å². The molecular formula is C11H18N4O. The maximum Gasteiger partial charge on any atom is 0.203 e. The highest BCUT2D eigenvalue weighted by atomic mass is 16.5. The van der Waals surface area contributed by atoms with Crippen LogP contribution in [0.5, 0.6) is 5.75 Å². The highest BCUT2D eigenvalue weighted by Crippen LogP contribution is 2.37. The molecule has 16 heavy (non-hydrogen) atoms. The Morgan fingerprint density at radius 2 is 2.31 bits per heavy atom. The first-order valence-corrected chi connectivity index (χ1v) is 5.60. The molecule has 1 fully saturated rings. The third-order valence-corrected chi connectivity index (χ3v) is 3.05. The Morgan fingerprint density at radius 1 is 1.56 bits per heavy atom.